The molecule has 0 saturated carbocycles. The summed E-state index contributed by atoms with van der Waals surface area (Å²) in [7, 11) is 0. The van der Waals surface area contributed by atoms with E-state index in [1.54, 1.807) is 6.07 Å². The van der Waals surface area contributed by atoms with E-state index in [-0.39, 0.29) is 11.8 Å². The lowest BCUT2D eigenvalue weighted by Gasteiger charge is -2.13. The SMILES string of the molecule is CC1=NN(Cc2cccc(Cl)c2)C(=O)C1CN. The molecule has 90 valence electrons. The molecule has 0 spiro atoms. The molecule has 1 heterocycles. The Morgan fingerprint density at radius 2 is 2.29 bits per heavy atom. The Balaban J connectivity index is 2.13. The van der Waals surface area contributed by atoms with E-state index in [1.807, 2.05) is 25.1 Å². The third-order valence-electron chi connectivity index (χ3n) is 2.79. The first-order valence-electron chi connectivity index (χ1n) is 5.43. The molecule has 0 aliphatic carbocycles. The van der Waals surface area contributed by atoms with Gasteiger partial charge in [0, 0.05) is 17.3 Å². The number of carbonyl (C=O) groups is 1. The first-order chi connectivity index (χ1) is 8.11. The number of nitrogens with two attached hydrogens (primary N) is 1. The summed E-state index contributed by atoms with van der Waals surface area (Å²) in [5.74, 6) is -0.306. The number of hydrogen-bond acceptors (Lipinski definition) is 3. The fraction of sp³-hybridized carbons (Fsp3) is 0.333. The van der Waals surface area contributed by atoms with E-state index in [9.17, 15) is 4.79 Å². The standard InChI is InChI=1S/C12H14ClN3O/c1-8-11(6-14)12(17)16(15-8)7-9-3-2-4-10(13)5-9/h2-5,11H,6-7,14H2,1H3. The van der Waals surface area contributed by atoms with Crippen molar-refractivity contribution in [2.45, 2.75) is 13.5 Å². The molecule has 1 aromatic rings. The van der Waals surface area contributed by atoms with Gasteiger partial charge in [-0.25, -0.2) is 5.01 Å². The molecule has 1 atom stereocenters. The van der Waals surface area contributed by atoms with Crippen LogP contribution in [0.25, 0.3) is 0 Å². The van der Waals surface area contributed by atoms with Crippen molar-refractivity contribution < 1.29 is 4.79 Å². The number of hydrazone groups is 1. The lowest BCUT2D eigenvalue weighted by atomic mass is 10.1. The molecule has 17 heavy (non-hydrogen) atoms. The molecule has 0 radical (unpaired) electrons. The molecule has 0 fully saturated rings. The molecule has 0 bridgehead atoms. The van der Waals surface area contributed by atoms with Crippen molar-refractivity contribution in [1.29, 1.82) is 0 Å². The van der Waals surface area contributed by atoms with Gasteiger partial charge in [0.1, 0.15) is 0 Å². The molecule has 0 saturated heterocycles. The second-order valence-corrected chi connectivity index (χ2v) is 4.49. The van der Waals surface area contributed by atoms with E-state index >= 15 is 0 Å². The van der Waals surface area contributed by atoms with E-state index < -0.39 is 0 Å². The van der Waals surface area contributed by atoms with Crippen LogP contribution in [0.4, 0.5) is 0 Å². The number of carbonyl (C=O) groups excluding carboxylic acids is 1. The summed E-state index contributed by atoms with van der Waals surface area (Å²) in [6.45, 7) is 2.57. The van der Waals surface area contributed by atoms with Gasteiger partial charge in [0.05, 0.1) is 12.5 Å². The van der Waals surface area contributed by atoms with Crippen molar-refractivity contribution >= 4 is 23.2 Å². The lowest BCUT2D eigenvalue weighted by molar-refractivity contribution is -0.132. The van der Waals surface area contributed by atoms with Crippen LogP contribution in [0.1, 0.15) is 12.5 Å². The Bertz CT molecular complexity index is 473. The lowest BCUT2D eigenvalue weighted by Crippen LogP contribution is -2.31. The van der Waals surface area contributed by atoms with Crippen molar-refractivity contribution in [3.8, 4) is 0 Å². The Kier molecular flexibility index (Phi) is 3.45. The summed E-state index contributed by atoms with van der Waals surface area (Å²) in [4.78, 5) is 11.9. The van der Waals surface area contributed by atoms with Crippen molar-refractivity contribution in [2.24, 2.45) is 16.8 Å². The van der Waals surface area contributed by atoms with Crippen LogP contribution < -0.4 is 5.73 Å². The van der Waals surface area contributed by atoms with Gasteiger partial charge in [0.2, 0.25) is 0 Å². The van der Waals surface area contributed by atoms with Gasteiger partial charge in [-0.05, 0) is 24.6 Å². The van der Waals surface area contributed by atoms with Crippen LogP contribution in [0.3, 0.4) is 0 Å². The fourth-order valence-corrected chi connectivity index (χ4v) is 2.07. The Hall–Kier alpha value is -1.39. The van der Waals surface area contributed by atoms with Crippen LogP contribution in [0.15, 0.2) is 29.4 Å². The average Bonchev–Trinajstić information content (AvgIpc) is 2.54. The topological polar surface area (TPSA) is 58.7 Å². The van der Waals surface area contributed by atoms with Gasteiger partial charge >= 0.3 is 0 Å². The molecule has 1 aliphatic heterocycles. The summed E-state index contributed by atoms with van der Waals surface area (Å²) in [6, 6.07) is 7.40. The Morgan fingerprint density at radius 3 is 2.88 bits per heavy atom. The molecule has 1 aliphatic rings. The minimum Gasteiger partial charge on any atom is -0.329 e. The van der Waals surface area contributed by atoms with E-state index in [1.165, 1.54) is 5.01 Å². The molecule has 0 aromatic heterocycles. The van der Waals surface area contributed by atoms with Crippen LogP contribution >= 0.6 is 11.6 Å². The maximum absolute atomic E-state index is 11.9. The second-order valence-electron chi connectivity index (χ2n) is 4.06. The van der Waals surface area contributed by atoms with Crippen LogP contribution in [0.5, 0.6) is 0 Å². The highest BCUT2D eigenvalue weighted by molar-refractivity contribution is 6.30. The summed E-state index contributed by atoms with van der Waals surface area (Å²) < 4.78 is 0. The van der Waals surface area contributed by atoms with E-state index in [0.717, 1.165) is 11.3 Å². The third-order valence-corrected chi connectivity index (χ3v) is 3.03. The number of hydrogen-bond donors (Lipinski definition) is 1. The minimum atomic E-state index is -0.269. The molecule has 1 aromatic carbocycles. The predicted octanol–water partition coefficient (Wildman–Crippen LogP) is 1.63. The number of benzene rings is 1. The second kappa shape index (κ2) is 4.85. The zero-order valence-corrected chi connectivity index (χ0v) is 10.3. The first-order valence-corrected chi connectivity index (χ1v) is 5.80. The fourth-order valence-electron chi connectivity index (χ4n) is 1.86. The molecule has 1 unspecified atom stereocenters. The highest BCUT2D eigenvalue weighted by atomic mass is 35.5. The number of amides is 1. The monoisotopic (exact) mass is 251 g/mol. The summed E-state index contributed by atoms with van der Waals surface area (Å²) in [5.41, 5.74) is 7.28. The van der Waals surface area contributed by atoms with Crippen molar-refractivity contribution in [2.75, 3.05) is 6.54 Å². The average molecular weight is 252 g/mol. The Morgan fingerprint density at radius 1 is 1.53 bits per heavy atom. The van der Waals surface area contributed by atoms with Gasteiger partial charge in [-0.1, -0.05) is 23.7 Å². The van der Waals surface area contributed by atoms with Crippen LogP contribution in [-0.2, 0) is 11.3 Å². The molecule has 2 N–H and O–H groups in total. The van der Waals surface area contributed by atoms with E-state index in [4.69, 9.17) is 17.3 Å². The van der Waals surface area contributed by atoms with Crippen LogP contribution in [0.2, 0.25) is 5.02 Å². The quantitative estimate of drug-likeness (QED) is 0.888. The van der Waals surface area contributed by atoms with E-state index in [0.29, 0.717) is 18.1 Å². The zero-order chi connectivity index (χ0) is 12.4. The maximum Gasteiger partial charge on any atom is 0.253 e. The van der Waals surface area contributed by atoms with Gasteiger partial charge in [-0.15, -0.1) is 0 Å². The normalized spacial score (nSPS) is 19.7. The van der Waals surface area contributed by atoms with E-state index in [2.05, 4.69) is 5.10 Å². The van der Waals surface area contributed by atoms with Gasteiger partial charge in [0.25, 0.3) is 5.91 Å². The minimum absolute atomic E-state index is 0.0371. The maximum atomic E-state index is 11.9. The highest BCUT2D eigenvalue weighted by Crippen LogP contribution is 2.19. The summed E-state index contributed by atoms with van der Waals surface area (Å²) >= 11 is 5.89. The van der Waals surface area contributed by atoms with Gasteiger partial charge < -0.3 is 5.73 Å². The van der Waals surface area contributed by atoms with Crippen LogP contribution in [0, 0.1) is 5.92 Å². The Labute approximate surface area is 105 Å². The van der Waals surface area contributed by atoms with Gasteiger partial charge in [-0.2, -0.15) is 5.10 Å². The number of rotatable bonds is 3. The smallest absolute Gasteiger partial charge is 0.253 e. The van der Waals surface area contributed by atoms with Crippen molar-refractivity contribution in [1.82, 2.24) is 5.01 Å². The molecular formula is C12H14ClN3O. The first kappa shape index (κ1) is 12.1. The van der Waals surface area contributed by atoms with Crippen LogP contribution in [-0.4, -0.2) is 23.2 Å². The molecule has 5 heteroatoms. The summed E-state index contributed by atoms with van der Waals surface area (Å²) in [5, 5.41) is 6.34. The predicted molar refractivity (Wildman–Crippen MR) is 67.7 cm³/mol. The molecule has 2 rings (SSSR count). The molecule has 1 amide bonds. The third kappa shape index (κ3) is 2.48. The number of halogens is 1. The number of nitrogens with zero attached hydrogens (tertiary/aromatic N) is 2. The summed E-state index contributed by atoms with van der Waals surface area (Å²) in [6.07, 6.45) is 0. The molecule has 4 nitrogen and oxygen atoms in total. The molecular weight excluding hydrogens is 238 g/mol. The van der Waals surface area contributed by atoms with Crippen molar-refractivity contribution in [3.05, 3.63) is 34.9 Å². The van der Waals surface area contributed by atoms with Crippen molar-refractivity contribution in [3.63, 3.8) is 0 Å². The van der Waals surface area contributed by atoms with Gasteiger partial charge in [0.15, 0.2) is 0 Å². The van der Waals surface area contributed by atoms with Gasteiger partial charge in [-0.3, -0.25) is 4.79 Å². The highest BCUT2D eigenvalue weighted by Gasteiger charge is 2.31. The largest absolute Gasteiger partial charge is 0.329 e. The zero-order valence-electron chi connectivity index (χ0n) is 9.56.